The third kappa shape index (κ3) is 3.49. The van der Waals surface area contributed by atoms with Crippen LogP contribution in [-0.4, -0.2) is 20.6 Å². The second-order valence-corrected chi connectivity index (χ2v) is 5.91. The largest absolute Gasteiger partial charge is 0.378 e. The van der Waals surface area contributed by atoms with E-state index in [0.717, 1.165) is 6.54 Å². The van der Waals surface area contributed by atoms with Gasteiger partial charge in [0.15, 0.2) is 0 Å². The van der Waals surface area contributed by atoms with Crippen LogP contribution in [0.25, 0.3) is 0 Å². The van der Waals surface area contributed by atoms with Gasteiger partial charge in [-0.3, -0.25) is 0 Å². The van der Waals surface area contributed by atoms with Crippen LogP contribution in [-0.2, 0) is 6.54 Å². The summed E-state index contributed by atoms with van der Waals surface area (Å²) in [6, 6.07) is 8.83. The number of anilines is 1. The SMILES string of the molecule is CCCC1(CNCc2ccc(N(C)C)cc2)CC1. The van der Waals surface area contributed by atoms with Crippen molar-refractivity contribution in [3.63, 3.8) is 0 Å². The smallest absolute Gasteiger partial charge is 0.0361 e. The molecule has 1 N–H and O–H groups in total. The van der Waals surface area contributed by atoms with Crippen molar-refractivity contribution in [2.75, 3.05) is 25.5 Å². The fourth-order valence-corrected chi connectivity index (χ4v) is 2.61. The van der Waals surface area contributed by atoms with Crippen LogP contribution < -0.4 is 10.2 Å². The fourth-order valence-electron chi connectivity index (χ4n) is 2.61. The van der Waals surface area contributed by atoms with E-state index >= 15 is 0 Å². The molecule has 0 aromatic heterocycles. The van der Waals surface area contributed by atoms with Gasteiger partial charge in [-0.15, -0.1) is 0 Å². The molecule has 100 valence electrons. The summed E-state index contributed by atoms with van der Waals surface area (Å²) in [7, 11) is 4.16. The molecule has 1 aliphatic rings. The van der Waals surface area contributed by atoms with Gasteiger partial charge in [0.2, 0.25) is 0 Å². The van der Waals surface area contributed by atoms with Crippen LogP contribution in [0, 0.1) is 5.41 Å². The van der Waals surface area contributed by atoms with Gasteiger partial charge in [-0.1, -0.05) is 25.5 Å². The average Bonchev–Trinajstić information content (AvgIpc) is 3.10. The van der Waals surface area contributed by atoms with Crippen molar-refractivity contribution in [3.05, 3.63) is 29.8 Å². The molecule has 2 nitrogen and oxygen atoms in total. The van der Waals surface area contributed by atoms with Crippen LogP contribution in [0.1, 0.15) is 38.2 Å². The van der Waals surface area contributed by atoms with E-state index in [-0.39, 0.29) is 0 Å². The summed E-state index contributed by atoms with van der Waals surface area (Å²) in [4.78, 5) is 2.14. The van der Waals surface area contributed by atoms with Gasteiger partial charge in [0.05, 0.1) is 0 Å². The van der Waals surface area contributed by atoms with E-state index in [2.05, 4.69) is 55.5 Å². The lowest BCUT2D eigenvalue weighted by atomic mass is 10.0. The van der Waals surface area contributed by atoms with E-state index in [1.807, 2.05) is 0 Å². The number of nitrogens with zero attached hydrogens (tertiary/aromatic N) is 1. The molecule has 0 heterocycles. The quantitative estimate of drug-likeness (QED) is 0.793. The van der Waals surface area contributed by atoms with Crippen molar-refractivity contribution in [2.45, 2.75) is 39.2 Å². The van der Waals surface area contributed by atoms with E-state index in [1.54, 1.807) is 0 Å². The molecule has 0 atom stereocenters. The van der Waals surface area contributed by atoms with Gasteiger partial charge in [-0.05, 0) is 42.4 Å². The first-order valence-electron chi connectivity index (χ1n) is 7.12. The average molecular weight is 246 g/mol. The second kappa shape index (κ2) is 5.75. The highest BCUT2D eigenvalue weighted by atomic mass is 15.1. The molecule has 0 aliphatic heterocycles. The number of benzene rings is 1. The number of rotatable bonds is 7. The Kier molecular flexibility index (Phi) is 4.28. The van der Waals surface area contributed by atoms with Crippen LogP contribution >= 0.6 is 0 Å². The zero-order valence-electron chi connectivity index (χ0n) is 12.0. The molecule has 0 saturated heterocycles. The lowest BCUT2D eigenvalue weighted by Crippen LogP contribution is -2.23. The summed E-state index contributed by atoms with van der Waals surface area (Å²) < 4.78 is 0. The summed E-state index contributed by atoms with van der Waals surface area (Å²) in [5, 5.41) is 3.62. The Balaban J connectivity index is 1.77. The molecular weight excluding hydrogens is 220 g/mol. The molecule has 2 rings (SSSR count). The van der Waals surface area contributed by atoms with Crippen LogP contribution in [0.15, 0.2) is 24.3 Å². The molecule has 18 heavy (non-hydrogen) atoms. The topological polar surface area (TPSA) is 15.3 Å². The van der Waals surface area contributed by atoms with Crippen LogP contribution in [0.3, 0.4) is 0 Å². The molecular formula is C16H26N2. The third-order valence-electron chi connectivity index (χ3n) is 4.02. The summed E-state index contributed by atoms with van der Waals surface area (Å²) >= 11 is 0. The van der Waals surface area contributed by atoms with Gasteiger partial charge in [-0.2, -0.15) is 0 Å². The molecule has 0 radical (unpaired) electrons. The summed E-state index contributed by atoms with van der Waals surface area (Å²) in [6.45, 7) is 4.48. The van der Waals surface area contributed by atoms with E-state index in [4.69, 9.17) is 0 Å². The maximum Gasteiger partial charge on any atom is 0.0361 e. The fraction of sp³-hybridized carbons (Fsp3) is 0.625. The van der Waals surface area contributed by atoms with E-state index in [9.17, 15) is 0 Å². The maximum atomic E-state index is 3.62. The van der Waals surface area contributed by atoms with Gasteiger partial charge >= 0.3 is 0 Å². The number of hydrogen-bond donors (Lipinski definition) is 1. The lowest BCUT2D eigenvalue weighted by molar-refractivity contribution is 0.421. The first-order chi connectivity index (χ1) is 8.65. The van der Waals surface area contributed by atoms with Gasteiger partial charge in [0, 0.05) is 32.9 Å². The molecule has 1 aromatic carbocycles. The molecule has 1 aromatic rings. The minimum atomic E-state index is 0.651. The van der Waals surface area contributed by atoms with Crippen molar-refractivity contribution >= 4 is 5.69 Å². The molecule has 0 bridgehead atoms. The minimum absolute atomic E-state index is 0.651. The Morgan fingerprint density at radius 3 is 2.33 bits per heavy atom. The molecule has 0 unspecified atom stereocenters. The first-order valence-corrected chi connectivity index (χ1v) is 7.12. The highest BCUT2D eigenvalue weighted by molar-refractivity contribution is 5.45. The van der Waals surface area contributed by atoms with Crippen molar-refractivity contribution in [3.8, 4) is 0 Å². The predicted octanol–water partition coefficient (Wildman–Crippen LogP) is 3.42. The molecule has 1 aliphatic carbocycles. The Bertz CT molecular complexity index is 363. The number of nitrogens with one attached hydrogen (secondary N) is 1. The number of hydrogen-bond acceptors (Lipinski definition) is 2. The maximum absolute atomic E-state index is 3.62. The highest BCUT2D eigenvalue weighted by Gasteiger charge is 2.40. The summed E-state index contributed by atoms with van der Waals surface area (Å²) in [5.41, 5.74) is 3.30. The van der Waals surface area contributed by atoms with Gasteiger partial charge in [-0.25, -0.2) is 0 Å². The van der Waals surface area contributed by atoms with Crippen molar-refractivity contribution < 1.29 is 0 Å². The normalized spacial score (nSPS) is 16.6. The Morgan fingerprint density at radius 1 is 1.17 bits per heavy atom. The first kappa shape index (κ1) is 13.4. The van der Waals surface area contributed by atoms with E-state index in [1.165, 1.54) is 43.5 Å². The van der Waals surface area contributed by atoms with Crippen molar-refractivity contribution in [2.24, 2.45) is 5.41 Å². The lowest BCUT2D eigenvalue weighted by Gasteiger charge is -2.16. The van der Waals surface area contributed by atoms with Crippen molar-refractivity contribution in [1.29, 1.82) is 0 Å². The Morgan fingerprint density at radius 2 is 1.83 bits per heavy atom. The zero-order valence-corrected chi connectivity index (χ0v) is 12.0. The van der Waals surface area contributed by atoms with Gasteiger partial charge in [0.25, 0.3) is 0 Å². The minimum Gasteiger partial charge on any atom is -0.378 e. The second-order valence-electron chi connectivity index (χ2n) is 5.91. The Hall–Kier alpha value is -1.02. The van der Waals surface area contributed by atoms with E-state index in [0.29, 0.717) is 5.41 Å². The van der Waals surface area contributed by atoms with Gasteiger partial charge < -0.3 is 10.2 Å². The third-order valence-corrected chi connectivity index (χ3v) is 4.02. The van der Waals surface area contributed by atoms with Crippen LogP contribution in [0.5, 0.6) is 0 Å². The van der Waals surface area contributed by atoms with Crippen LogP contribution in [0.2, 0.25) is 0 Å². The standard InChI is InChI=1S/C16H26N2/c1-4-9-16(10-11-16)13-17-12-14-5-7-15(8-6-14)18(2)3/h5-8,17H,4,9-13H2,1-3H3. The zero-order chi connectivity index (χ0) is 13.0. The summed E-state index contributed by atoms with van der Waals surface area (Å²) in [5.74, 6) is 0. The highest BCUT2D eigenvalue weighted by Crippen LogP contribution is 2.48. The molecule has 1 fully saturated rings. The van der Waals surface area contributed by atoms with Crippen LogP contribution in [0.4, 0.5) is 5.69 Å². The van der Waals surface area contributed by atoms with E-state index < -0.39 is 0 Å². The Labute approximate surface area is 111 Å². The molecule has 2 heteroatoms. The molecule has 0 spiro atoms. The van der Waals surface area contributed by atoms with Gasteiger partial charge in [0.1, 0.15) is 0 Å². The predicted molar refractivity (Wildman–Crippen MR) is 79.1 cm³/mol. The molecule has 1 saturated carbocycles. The summed E-state index contributed by atoms with van der Waals surface area (Å²) in [6.07, 6.45) is 5.56. The van der Waals surface area contributed by atoms with Crippen molar-refractivity contribution in [1.82, 2.24) is 5.32 Å². The monoisotopic (exact) mass is 246 g/mol. The molecule has 0 amide bonds.